The SMILES string of the molecule is FC(F)=C(CCCn1cccn1)c1ccc2ccccc2c1. The fourth-order valence-electron chi connectivity index (χ4n) is 2.58. The minimum atomic E-state index is -1.60. The fraction of sp³-hybridized carbons (Fsp3) is 0.167. The molecule has 0 fully saturated rings. The first kappa shape index (κ1) is 14.4. The van der Waals surface area contributed by atoms with Gasteiger partial charge in [-0.3, -0.25) is 4.68 Å². The molecule has 3 aromatic rings. The zero-order chi connectivity index (χ0) is 15.4. The molecular formula is C18H16F2N2. The highest BCUT2D eigenvalue weighted by atomic mass is 19.3. The molecule has 0 saturated carbocycles. The number of aryl methyl sites for hydroxylation is 1. The van der Waals surface area contributed by atoms with Crippen LogP contribution in [0.5, 0.6) is 0 Å². The Kier molecular flexibility index (Phi) is 4.28. The quantitative estimate of drug-likeness (QED) is 0.639. The van der Waals surface area contributed by atoms with E-state index in [0.29, 0.717) is 24.9 Å². The third-order valence-electron chi connectivity index (χ3n) is 3.70. The number of nitrogens with zero attached hydrogens (tertiary/aromatic N) is 2. The first-order valence-electron chi connectivity index (χ1n) is 7.25. The van der Waals surface area contributed by atoms with Gasteiger partial charge in [0.05, 0.1) is 0 Å². The van der Waals surface area contributed by atoms with Crippen molar-refractivity contribution in [1.82, 2.24) is 9.78 Å². The van der Waals surface area contributed by atoms with Crippen LogP contribution >= 0.6 is 0 Å². The van der Waals surface area contributed by atoms with E-state index < -0.39 is 6.08 Å². The van der Waals surface area contributed by atoms with Crippen molar-refractivity contribution in [3.05, 3.63) is 72.6 Å². The van der Waals surface area contributed by atoms with Crippen LogP contribution in [0.15, 0.2) is 67.0 Å². The highest BCUT2D eigenvalue weighted by molar-refractivity contribution is 5.86. The van der Waals surface area contributed by atoms with E-state index in [1.807, 2.05) is 48.7 Å². The summed E-state index contributed by atoms with van der Waals surface area (Å²) in [6, 6.07) is 15.1. The zero-order valence-electron chi connectivity index (χ0n) is 12.0. The summed E-state index contributed by atoms with van der Waals surface area (Å²) < 4.78 is 28.4. The molecule has 1 aromatic heterocycles. The van der Waals surface area contributed by atoms with E-state index in [1.165, 1.54) is 0 Å². The lowest BCUT2D eigenvalue weighted by molar-refractivity contribution is 0.421. The molecule has 0 aliphatic heterocycles. The molecule has 1 heterocycles. The summed E-state index contributed by atoms with van der Waals surface area (Å²) in [5.74, 6) is 0. The van der Waals surface area contributed by atoms with Crippen molar-refractivity contribution in [2.24, 2.45) is 0 Å². The third-order valence-corrected chi connectivity index (χ3v) is 3.70. The number of hydrogen-bond donors (Lipinski definition) is 0. The van der Waals surface area contributed by atoms with Crippen LogP contribution in [0.1, 0.15) is 18.4 Å². The molecule has 2 nitrogen and oxygen atoms in total. The maximum atomic E-state index is 13.3. The highest BCUT2D eigenvalue weighted by Gasteiger charge is 2.10. The Morgan fingerprint density at radius 1 is 1.00 bits per heavy atom. The lowest BCUT2D eigenvalue weighted by Crippen LogP contribution is -1.99. The van der Waals surface area contributed by atoms with Crippen molar-refractivity contribution in [2.75, 3.05) is 0 Å². The van der Waals surface area contributed by atoms with Crippen molar-refractivity contribution in [3.8, 4) is 0 Å². The molecular weight excluding hydrogens is 282 g/mol. The lowest BCUT2D eigenvalue weighted by atomic mass is 9.99. The average molecular weight is 298 g/mol. The highest BCUT2D eigenvalue weighted by Crippen LogP contribution is 2.28. The second-order valence-corrected chi connectivity index (χ2v) is 5.17. The van der Waals surface area contributed by atoms with Gasteiger partial charge in [-0.2, -0.15) is 13.9 Å². The molecule has 0 atom stereocenters. The van der Waals surface area contributed by atoms with Crippen molar-refractivity contribution < 1.29 is 8.78 Å². The molecule has 0 saturated heterocycles. The number of aromatic nitrogens is 2. The van der Waals surface area contributed by atoms with Crippen molar-refractivity contribution in [2.45, 2.75) is 19.4 Å². The number of rotatable bonds is 5. The molecule has 4 heteroatoms. The van der Waals surface area contributed by atoms with Gasteiger partial charge in [-0.1, -0.05) is 36.4 Å². The molecule has 0 spiro atoms. The van der Waals surface area contributed by atoms with Crippen LogP contribution in [-0.4, -0.2) is 9.78 Å². The second kappa shape index (κ2) is 6.52. The van der Waals surface area contributed by atoms with E-state index in [4.69, 9.17) is 0 Å². The first-order chi connectivity index (χ1) is 10.7. The summed E-state index contributed by atoms with van der Waals surface area (Å²) in [6.45, 7) is 0.636. The maximum Gasteiger partial charge on any atom is 0.274 e. The molecule has 22 heavy (non-hydrogen) atoms. The molecule has 0 radical (unpaired) electrons. The monoisotopic (exact) mass is 298 g/mol. The summed E-state index contributed by atoms with van der Waals surface area (Å²) in [5, 5.41) is 6.12. The average Bonchev–Trinajstić information content (AvgIpc) is 3.04. The zero-order valence-corrected chi connectivity index (χ0v) is 12.0. The Labute approximate surface area is 127 Å². The summed E-state index contributed by atoms with van der Waals surface area (Å²) in [5.41, 5.74) is 0.720. The lowest BCUT2D eigenvalue weighted by Gasteiger charge is -2.08. The Bertz CT molecular complexity index is 788. The van der Waals surface area contributed by atoms with Crippen molar-refractivity contribution >= 4 is 16.3 Å². The van der Waals surface area contributed by atoms with Gasteiger partial charge in [0, 0.05) is 24.5 Å². The van der Waals surface area contributed by atoms with E-state index >= 15 is 0 Å². The van der Waals surface area contributed by atoms with Gasteiger partial charge in [0.15, 0.2) is 0 Å². The van der Waals surface area contributed by atoms with Gasteiger partial charge in [0.25, 0.3) is 6.08 Å². The Hall–Kier alpha value is -2.49. The van der Waals surface area contributed by atoms with Gasteiger partial charge in [-0.15, -0.1) is 0 Å². The normalized spacial score (nSPS) is 10.8. The number of benzene rings is 2. The number of halogens is 2. The van der Waals surface area contributed by atoms with Crippen molar-refractivity contribution in [1.29, 1.82) is 0 Å². The molecule has 0 unspecified atom stereocenters. The van der Waals surface area contributed by atoms with Gasteiger partial charge >= 0.3 is 0 Å². The van der Waals surface area contributed by atoms with Crippen LogP contribution in [0, 0.1) is 0 Å². The summed E-state index contributed by atoms with van der Waals surface area (Å²) >= 11 is 0. The smallest absolute Gasteiger partial charge is 0.273 e. The van der Waals surface area contributed by atoms with Crippen LogP contribution in [0.2, 0.25) is 0 Å². The van der Waals surface area contributed by atoms with Crippen LogP contribution in [0.3, 0.4) is 0 Å². The van der Waals surface area contributed by atoms with Gasteiger partial charge in [0.2, 0.25) is 0 Å². The van der Waals surface area contributed by atoms with E-state index in [-0.39, 0.29) is 5.57 Å². The van der Waals surface area contributed by atoms with Crippen LogP contribution in [0.4, 0.5) is 8.78 Å². The van der Waals surface area contributed by atoms with E-state index in [9.17, 15) is 8.78 Å². The molecule has 0 aliphatic carbocycles. The number of hydrogen-bond acceptors (Lipinski definition) is 1. The molecule has 0 aliphatic rings. The van der Waals surface area contributed by atoms with Crippen LogP contribution in [-0.2, 0) is 6.54 Å². The summed E-state index contributed by atoms with van der Waals surface area (Å²) in [4.78, 5) is 0. The standard InChI is InChI=1S/C18H16F2N2/c19-18(20)17(7-3-11-22-12-4-10-21-22)16-9-8-14-5-1-2-6-15(14)13-16/h1-2,4-6,8-10,12-13H,3,7,11H2. The number of fused-ring (bicyclic) bond motifs is 1. The topological polar surface area (TPSA) is 17.8 Å². The van der Waals surface area contributed by atoms with Gasteiger partial charge in [0.1, 0.15) is 0 Å². The van der Waals surface area contributed by atoms with Gasteiger partial charge < -0.3 is 0 Å². The minimum Gasteiger partial charge on any atom is -0.273 e. The molecule has 0 N–H and O–H groups in total. The van der Waals surface area contributed by atoms with Crippen molar-refractivity contribution in [3.63, 3.8) is 0 Å². The molecule has 3 rings (SSSR count). The second-order valence-electron chi connectivity index (χ2n) is 5.17. The van der Waals surface area contributed by atoms with Crippen LogP contribution in [0.25, 0.3) is 16.3 Å². The minimum absolute atomic E-state index is 0.123. The Morgan fingerprint density at radius 3 is 2.55 bits per heavy atom. The van der Waals surface area contributed by atoms with E-state index in [1.54, 1.807) is 16.9 Å². The maximum absolute atomic E-state index is 13.3. The largest absolute Gasteiger partial charge is 0.274 e. The molecule has 112 valence electrons. The number of allylic oxidation sites excluding steroid dienone is 1. The van der Waals surface area contributed by atoms with Gasteiger partial charge in [-0.25, -0.2) is 0 Å². The van der Waals surface area contributed by atoms with Gasteiger partial charge in [-0.05, 0) is 41.3 Å². The molecule has 2 aromatic carbocycles. The summed E-state index contributed by atoms with van der Waals surface area (Å²) in [7, 11) is 0. The van der Waals surface area contributed by atoms with E-state index in [2.05, 4.69) is 5.10 Å². The van der Waals surface area contributed by atoms with E-state index in [0.717, 1.165) is 10.8 Å². The first-order valence-corrected chi connectivity index (χ1v) is 7.25. The Balaban J connectivity index is 1.79. The third kappa shape index (κ3) is 3.22. The predicted molar refractivity (Wildman–Crippen MR) is 84.5 cm³/mol. The summed E-state index contributed by atoms with van der Waals surface area (Å²) in [6.07, 6.45) is 2.89. The predicted octanol–water partition coefficient (Wildman–Crippen LogP) is 5.12. The molecule has 0 bridgehead atoms. The fourth-order valence-corrected chi connectivity index (χ4v) is 2.58. The Morgan fingerprint density at radius 2 is 1.82 bits per heavy atom. The van der Waals surface area contributed by atoms with Crippen LogP contribution < -0.4 is 0 Å². The molecule has 0 amide bonds.